The van der Waals surface area contributed by atoms with Crippen molar-refractivity contribution in [2.75, 3.05) is 13.2 Å². The lowest BCUT2D eigenvalue weighted by atomic mass is 9.99. The number of hydrogen-bond donors (Lipinski definition) is 1. The van der Waals surface area contributed by atoms with E-state index < -0.39 is 11.0 Å². The van der Waals surface area contributed by atoms with Gasteiger partial charge in [-0.05, 0) is 23.8 Å². The molecular formula is C15H12BrNO5. The van der Waals surface area contributed by atoms with E-state index in [0.29, 0.717) is 30.3 Å². The quantitative estimate of drug-likeness (QED) is 0.666. The number of benzene rings is 2. The van der Waals surface area contributed by atoms with Gasteiger partial charge in [-0.25, -0.2) is 0 Å². The molecule has 1 N–H and O–H groups in total. The van der Waals surface area contributed by atoms with Crippen molar-refractivity contribution in [1.29, 1.82) is 0 Å². The molecule has 6 nitrogen and oxygen atoms in total. The first-order valence-electron chi connectivity index (χ1n) is 6.57. The monoisotopic (exact) mass is 365 g/mol. The van der Waals surface area contributed by atoms with E-state index in [2.05, 4.69) is 15.9 Å². The molecule has 1 atom stereocenters. The van der Waals surface area contributed by atoms with E-state index in [9.17, 15) is 15.2 Å². The Bertz CT molecular complexity index is 734. The van der Waals surface area contributed by atoms with E-state index in [-0.39, 0.29) is 11.3 Å². The molecule has 3 rings (SSSR count). The average Bonchev–Trinajstić information content (AvgIpc) is 2.52. The number of ether oxygens (including phenoxy) is 2. The molecule has 0 unspecified atom stereocenters. The molecule has 2 aromatic rings. The number of aliphatic hydroxyl groups is 1. The number of rotatable bonds is 3. The molecular weight excluding hydrogens is 354 g/mol. The lowest BCUT2D eigenvalue weighted by molar-refractivity contribution is -0.386. The van der Waals surface area contributed by atoms with Crippen LogP contribution in [0.3, 0.4) is 0 Å². The summed E-state index contributed by atoms with van der Waals surface area (Å²) < 4.78 is 11.6. The van der Waals surface area contributed by atoms with Crippen molar-refractivity contribution < 1.29 is 19.5 Å². The Hall–Kier alpha value is -2.12. The zero-order valence-corrected chi connectivity index (χ0v) is 12.9. The Kier molecular flexibility index (Phi) is 4.00. The van der Waals surface area contributed by atoms with Gasteiger partial charge in [-0.15, -0.1) is 0 Å². The smallest absolute Gasteiger partial charge is 0.279 e. The topological polar surface area (TPSA) is 81.8 Å². The highest BCUT2D eigenvalue weighted by atomic mass is 79.9. The summed E-state index contributed by atoms with van der Waals surface area (Å²) in [6.07, 6.45) is -1.13. The van der Waals surface area contributed by atoms with Gasteiger partial charge in [0.05, 0.1) is 16.6 Å². The molecule has 0 radical (unpaired) electrons. The van der Waals surface area contributed by atoms with Gasteiger partial charge < -0.3 is 14.6 Å². The second kappa shape index (κ2) is 5.94. The highest BCUT2D eigenvalue weighted by molar-refractivity contribution is 9.10. The van der Waals surface area contributed by atoms with Crippen molar-refractivity contribution in [3.8, 4) is 11.5 Å². The Morgan fingerprint density at radius 1 is 1.18 bits per heavy atom. The molecule has 0 aliphatic carbocycles. The maximum atomic E-state index is 11.3. The number of hydrogen-bond acceptors (Lipinski definition) is 5. The number of halogens is 1. The fourth-order valence-corrected chi connectivity index (χ4v) is 2.74. The van der Waals surface area contributed by atoms with Gasteiger partial charge in [0, 0.05) is 4.47 Å². The largest absolute Gasteiger partial charge is 0.486 e. The molecule has 2 aromatic carbocycles. The van der Waals surface area contributed by atoms with Crippen LogP contribution in [-0.4, -0.2) is 23.2 Å². The molecule has 1 aliphatic heterocycles. The third-order valence-electron chi connectivity index (χ3n) is 3.35. The van der Waals surface area contributed by atoms with Crippen LogP contribution in [0.4, 0.5) is 5.69 Å². The van der Waals surface area contributed by atoms with Crippen molar-refractivity contribution >= 4 is 21.6 Å². The van der Waals surface area contributed by atoms with Crippen LogP contribution < -0.4 is 9.47 Å². The third kappa shape index (κ3) is 2.77. The predicted molar refractivity (Wildman–Crippen MR) is 82.3 cm³/mol. The predicted octanol–water partition coefficient (Wildman–Crippen LogP) is 3.21. The molecule has 0 fully saturated rings. The summed E-state index contributed by atoms with van der Waals surface area (Å²) in [5, 5.41) is 21.8. The van der Waals surface area contributed by atoms with Gasteiger partial charge in [0.15, 0.2) is 11.5 Å². The van der Waals surface area contributed by atoms with Crippen LogP contribution in [-0.2, 0) is 0 Å². The van der Waals surface area contributed by atoms with E-state index >= 15 is 0 Å². The lowest BCUT2D eigenvalue weighted by Crippen LogP contribution is -2.16. The number of fused-ring (bicyclic) bond motifs is 1. The molecule has 1 heterocycles. The van der Waals surface area contributed by atoms with Gasteiger partial charge in [0.25, 0.3) is 5.69 Å². The van der Waals surface area contributed by atoms with Gasteiger partial charge in [0.1, 0.15) is 19.3 Å². The van der Waals surface area contributed by atoms with Gasteiger partial charge in [-0.3, -0.25) is 10.1 Å². The molecule has 0 spiro atoms. The summed E-state index contributed by atoms with van der Waals surface area (Å²) in [5.74, 6) is 0.726. The van der Waals surface area contributed by atoms with Crippen LogP contribution in [0.2, 0.25) is 0 Å². The highest BCUT2D eigenvalue weighted by Crippen LogP contribution is 2.40. The van der Waals surface area contributed by atoms with E-state index in [4.69, 9.17) is 9.47 Å². The van der Waals surface area contributed by atoms with E-state index in [0.717, 1.165) is 4.47 Å². The molecule has 0 saturated heterocycles. The minimum absolute atomic E-state index is 0.173. The second-order valence-electron chi connectivity index (χ2n) is 4.77. The summed E-state index contributed by atoms with van der Waals surface area (Å²) in [4.78, 5) is 10.8. The van der Waals surface area contributed by atoms with Gasteiger partial charge in [0.2, 0.25) is 0 Å². The van der Waals surface area contributed by atoms with Crippen molar-refractivity contribution in [3.05, 3.63) is 62.1 Å². The van der Waals surface area contributed by atoms with Crippen molar-refractivity contribution in [2.45, 2.75) is 6.10 Å². The zero-order valence-electron chi connectivity index (χ0n) is 11.4. The zero-order chi connectivity index (χ0) is 15.7. The summed E-state index contributed by atoms with van der Waals surface area (Å²) in [5.41, 5.74) is 0.526. The molecule has 22 heavy (non-hydrogen) atoms. The van der Waals surface area contributed by atoms with Gasteiger partial charge in [-0.1, -0.05) is 28.1 Å². The van der Waals surface area contributed by atoms with Crippen LogP contribution in [0.25, 0.3) is 0 Å². The SMILES string of the molecule is O=[N+]([O-])c1cc2c(cc1[C@H](O)c1cccc(Br)c1)OCCO2. The summed E-state index contributed by atoms with van der Waals surface area (Å²) in [6, 6.07) is 9.76. The summed E-state index contributed by atoms with van der Waals surface area (Å²) in [6.45, 7) is 0.717. The van der Waals surface area contributed by atoms with Crippen LogP contribution in [0.15, 0.2) is 40.9 Å². The molecule has 0 bridgehead atoms. The molecule has 7 heteroatoms. The molecule has 1 aliphatic rings. The number of nitro benzene ring substituents is 1. The standard InChI is InChI=1S/C15H12BrNO5/c16-10-3-1-2-9(6-10)15(18)11-7-13-14(22-5-4-21-13)8-12(11)17(19)20/h1-3,6-8,15,18H,4-5H2/t15-/m1/s1. The number of aliphatic hydroxyl groups excluding tert-OH is 1. The first-order chi connectivity index (χ1) is 10.6. The Morgan fingerprint density at radius 3 is 2.50 bits per heavy atom. The van der Waals surface area contributed by atoms with Gasteiger partial charge >= 0.3 is 0 Å². The van der Waals surface area contributed by atoms with Crippen LogP contribution in [0.1, 0.15) is 17.2 Å². The van der Waals surface area contributed by atoms with Crippen LogP contribution in [0, 0.1) is 10.1 Å². The molecule has 0 aromatic heterocycles. The maximum Gasteiger partial charge on any atom is 0.279 e. The Labute approximate surface area is 134 Å². The van der Waals surface area contributed by atoms with E-state index in [1.165, 1.54) is 12.1 Å². The van der Waals surface area contributed by atoms with E-state index in [1.807, 2.05) is 6.07 Å². The first-order valence-corrected chi connectivity index (χ1v) is 7.37. The van der Waals surface area contributed by atoms with Crippen LogP contribution >= 0.6 is 15.9 Å². The third-order valence-corrected chi connectivity index (χ3v) is 3.84. The fraction of sp³-hybridized carbons (Fsp3) is 0.200. The first kappa shape index (κ1) is 14.8. The lowest BCUT2D eigenvalue weighted by Gasteiger charge is -2.20. The summed E-state index contributed by atoms with van der Waals surface area (Å²) >= 11 is 3.32. The molecule has 0 saturated carbocycles. The Balaban J connectivity index is 2.10. The van der Waals surface area contributed by atoms with Crippen molar-refractivity contribution in [2.24, 2.45) is 0 Å². The van der Waals surface area contributed by atoms with Crippen molar-refractivity contribution in [1.82, 2.24) is 0 Å². The van der Waals surface area contributed by atoms with Crippen LogP contribution in [0.5, 0.6) is 11.5 Å². The number of nitro groups is 1. The normalized spacial score (nSPS) is 14.5. The highest BCUT2D eigenvalue weighted by Gasteiger charge is 2.27. The average molecular weight is 366 g/mol. The Morgan fingerprint density at radius 2 is 1.86 bits per heavy atom. The van der Waals surface area contributed by atoms with Gasteiger partial charge in [-0.2, -0.15) is 0 Å². The minimum atomic E-state index is -1.13. The summed E-state index contributed by atoms with van der Waals surface area (Å²) in [7, 11) is 0. The maximum absolute atomic E-state index is 11.3. The fourth-order valence-electron chi connectivity index (χ4n) is 2.33. The second-order valence-corrected chi connectivity index (χ2v) is 5.69. The van der Waals surface area contributed by atoms with E-state index in [1.54, 1.807) is 18.2 Å². The van der Waals surface area contributed by atoms with Crippen molar-refractivity contribution in [3.63, 3.8) is 0 Å². The molecule has 114 valence electrons. The minimum Gasteiger partial charge on any atom is -0.486 e. The molecule has 0 amide bonds. The number of nitrogens with zero attached hydrogens (tertiary/aromatic N) is 1.